The Balaban J connectivity index is 1.39. The summed E-state index contributed by atoms with van der Waals surface area (Å²) in [5.41, 5.74) is 7.61. The molecule has 0 atom stereocenters. The van der Waals surface area contributed by atoms with E-state index in [0.717, 1.165) is 24.7 Å². The number of alkyl halides is 3. The molecule has 4 aromatic rings. The van der Waals surface area contributed by atoms with Crippen LogP contribution in [0, 0.1) is 6.92 Å². The van der Waals surface area contributed by atoms with Crippen molar-refractivity contribution in [2.24, 2.45) is 4.99 Å². The highest BCUT2D eigenvalue weighted by Gasteiger charge is 2.34. The molecule has 44 heavy (non-hydrogen) atoms. The summed E-state index contributed by atoms with van der Waals surface area (Å²) in [5.74, 6) is 0.381. The molecule has 0 unspecified atom stereocenters. The zero-order valence-electron chi connectivity index (χ0n) is 24.5. The molecular weight excluding hydrogens is 591 g/mol. The van der Waals surface area contributed by atoms with Gasteiger partial charge in [0, 0.05) is 68.2 Å². The number of piperazine rings is 1. The fraction of sp³-hybridized carbons (Fsp3) is 0.290. The Labute approximate surface area is 257 Å². The molecule has 2 aromatic carbocycles. The second kappa shape index (κ2) is 13.1. The van der Waals surface area contributed by atoms with Crippen molar-refractivity contribution in [1.29, 1.82) is 0 Å². The fourth-order valence-corrected chi connectivity index (χ4v) is 5.47. The summed E-state index contributed by atoms with van der Waals surface area (Å²) in [5, 5.41) is 6.40. The van der Waals surface area contributed by atoms with E-state index < -0.39 is 17.6 Å². The van der Waals surface area contributed by atoms with Crippen LogP contribution >= 0.6 is 11.3 Å². The first-order valence-electron chi connectivity index (χ1n) is 13.8. The third-order valence-electron chi connectivity index (χ3n) is 7.31. The van der Waals surface area contributed by atoms with E-state index in [2.05, 4.69) is 25.2 Å². The van der Waals surface area contributed by atoms with E-state index in [0.29, 0.717) is 30.0 Å². The van der Waals surface area contributed by atoms with E-state index in [1.165, 1.54) is 35.8 Å². The van der Waals surface area contributed by atoms with E-state index in [9.17, 15) is 18.0 Å². The Morgan fingerprint density at radius 1 is 1.14 bits per heavy atom. The molecule has 0 saturated carbocycles. The van der Waals surface area contributed by atoms with Crippen molar-refractivity contribution in [2.75, 3.05) is 51.3 Å². The molecule has 1 aliphatic heterocycles. The first kappa shape index (κ1) is 31.1. The number of hydrogen-bond acceptors (Lipinski definition) is 9. The predicted molar refractivity (Wildman–Crippen MR) is 167 cm³/mol. The summed E-state index contributed by atoms with van der Waals surface area (Å²) in [6.07, 6.45) is -3.09. The number of nitrogens with one attached hydrogen (secondary N) is 1. The minimum Gasteiger partial charge on any atom is -0.438 e. The van der Waals surface area contributed by atoms with Gasteiger partial charge in [-0.15, -0.1) is 0 Å². The fourth-order valence-electron chi connectivity index (χ4n) is 4.84. The normalized spacial score (nSPS) is 14.7. The molecule has 1 saturated heterocycles. The van der Waals surface area contributed by atoms with E-state index in [1.54, 1.807) is 26.1 Å². The van der Waals surface area contributed by atoms with Gasteiger partial charge in [-0.05, 0) is 60.8 Å². The highest BCUT2D eigenvalue weighted by Crippen LogP contribution is 2.35. The standard InChI is InChI=1S/C31H32F3N7O2S/c1-19-4-7-23(43-30-25(16-36-2)27(35)38-28(39-30)21-8-13-44-18-21)15-24(19)29(42)37-22-6-5-20(26(14-22)31(32,33)34)17-41-11-9-40(3)10-12-41/h4-8,13-16,18H,9-12,17H2,1-3H3,(H,37,42)(H2,35,38,39). The summed E-state index contributed by atoms with van der Waals surface area (Å²) < 4.78 is 48.3. The number of aliphatic imine (C=N–C) groups is 1. The first-order chi connectivity index (χ1) is 21.0. The Hall–Kier alpha value is -4.33. The van der Waals surface area contributed by atoms with Crippen LogP contribution in [0.4, 0.5) is 24.7 Å². The molecule has 1 fully saturated rings. The summed E-state index contributed by atoms with van der Waals surface area (Å²) in [6, 6.07) is 10.6. The molecule has 0 aliphatic carbocycles. The number of carbonyl (C=O) groups is 1. The number of anilines is 2. The second-order valence-corrected chi connectivity index (χ2v) is 11.3. The average Bonchev–Trinajstić information content (AvgIpc) is 3.52. The molecule has 5 rings (SSSR count). The summed E-state index contributed by atoms with van der Waals surface area (Å²) in [4.78, 5) is 30.4. The van der Waals surface area contributed by atoms with Crippen molar-refractivity contribution in [1.82, 2.24) is 19.8 Å². The summed E-state index contributed by atoms with van der Waals surface area (Å²) in [6.45, 7) is 4.88. The van der Waals surface area contributed by atoms with Crippen LogP contribution in [0.2, 0.25) is 0 Å². The van der Waals surface area contributed by atoms with Crippen LogP contribution < -0.4 is 15.8 Å². The lowest BCUT2D eigenvalue weighted by atomic mass is 10.0. The summed E-state index contributed by atoms with van der Waals surface area (Å²) >= 11 is 1.48. The predicted octanol–water partition coefficient (Wildman–Crippen LogP) is 5.96. The number of amides is 1. The number of aryl methyl sites for hydroxylation is 1. The SMILES string of the molecule is CN=Cc1c(N)nc(-c2ccsc2)nc1Oc1ccc(C)c(C(=O)Nc2ccc(CN3CCN(C)CC3)c(C(F)(F)F)c2)c1. The molecule has 230 valence electrons. The lowest BCUT2D eigenvalue weighted by molar-refractivity contribution is -0.138. The maximum absolute atomic E-state index is 14.1. The number of thiophene rings is 1. The third kappa shape index (κ3) is 7.24. The third-order valence-corrected chi connectivity index (χ3v) is 7.99. The molecule has 0 spiro atoms. The molecule has 9 nitrogen and oxygen atoms in total. The molecular formula is C31H32F3N7O2S. The zero-order valence-corrected chi connectivity index (χ0v) is 25.3. The Morgan fingerprint density at radius 3 is 2.59 bits per heavy atom. The zero-order chi connectivity index (χ0) is 31.4. The Bertz CT molecular complexity index is 1670. The van der Waals surface area contributed by atoms with Crippen LogP contribution in [-0.2, 0) is 12.7 Å². The van der Waals surface area contributed by atoms with Gasteiger partial charge in [-0.2, -0.15) is 29.5 Å². The number of benzene rings is 2. The number of aromatic nitrogens is 2. The van der Waals surface area contributed by atoms with E-state index in [1.807, 2.05) is 28.8 Å². The monoisotopic (exact) mass is 623 g/mol. The highest BCUT2D eigenvalue weighted by atomic mass is 32.1. The van der Waals surface area contributed by atoms with Crippen molar-refractivity contribution in [3.05, 3.63) is 81.0 Å². The number of likely N-dealkylation sites (N-methyl/N-ethyl adjacent to an activating group) is 1. The van der Waals surface area contributed by atoms with Gasteiger partial charge in [-0.3, -0.25) is 14.7 Å². The van der Waals surface area contributed by atoms with Gasteiger partial charge in [0.25, 0.3) is 5.91 Å². The van der Waals surface area contributed by atoms with Crippen molar-refractivity contribution in [2.45, 2.75) is 19.6 Å². The van der Waals surface area contributed by atoms with Crippen molar-refractivity contribution in [3.8, 4) is 23.0 Å². The molecule has 1 aliphatic rings. The topological polar surface area (TPSA) is 109 Å². The molecule has 13 heteroatoms. The minimum atomic E-state index is -4.58. The van der Waals surface area contributed by atoms with Gasteiger partial charge in [0.05, 0.1) is 11.1 Å². The molecule has 3 N–H and O–H groups in total. The maximum atomic E-state index is 14.1. The maximum Gasteiger partial charge on any atom is 0.416 e. The molecule has 1 amide bonds. The smallest absolute Gasteiger partial charge is 0.416 e. The quantitative estimate of drug-likeness (QED) is 0.233. The molecule has 3 heterocycles. The van der Waals surface area contributed by atoms with Gasteiger partial charge in [0.15, 0.2) is 5.82 Å². The van der Waals surface area contributed by atoms with E-state index >= 15 is 0 Å². The van der Waals surface area contributed by atoms with Crippen LogP contribution in [0.5, 0.6) is 11.6 Å². The molecule has 2 aromatic heterocycles. The van der Waals surface area contributed by atoms with E-state index in [4.69, 9.17) is 10.5 Å². The number of hydrogen-bond donors (Lipinski definition) is 2. The minimum absolute atomic E-state index is 0.0422. The second-order valence-electron chi connectivity index (χ2n) is 10.5. The highest BCUT2D eigenvalue weighted by molar-refractivity contribution is 7.08. The number of nitrogens with zero attached hydrogens (tertiary/aromatic N) is 5. The number of nitrogens with two attached hydrogens (primary N) is 1. The largest absolute Gasteiger partial charge is 0.438 e. The lowest BCUT2D eigenvalue weighted by Crippen LogP contribution is -2.44. The van der Waals surface area contributed by atoms with Gasteiger partial charge < -0.3 is 20.7 Å². The Kier molecular flexibility index (Phi) is 9.28. The van der Waals surface area contributed by atoms with Gasteiger partial charge in [0.1, 0.15) is 11.6 Å². The number of ether oxygens (including phenoxy) is 1. The average molecular weight is 624 g/mol. The summed E-state index contributed by atoms with van der Waals surface area (Å²) in [7, 11) is 3.57. The van der Waals surface area contributed by atoms with Gasteiger partial charge >= 0.3 is 6.18 Å². The van der Waals surface area contributed by atoms with Gasteiger partial charge in [-0.1, -0.05) is 12.1 Å². The van der Waals surface area contributed by atoms with Gasteiger partial charge in [-0.25, -0.2) is 4.98 Å². The molecule has 0 bridgehead atoms. The van der Waals surface area contributed by atoms with Crippen molar-refractivity contribution < 1.29 is 22.7 Å². The number of carbonyl (C=O) groups excluding carboxylic acids is 1. The Morgan fingerprint density at radius 2 is 1.91 bits per heavy atom. The van der Waals surface area contributed by atoms with Crippen LogP contribution in [0.25, 0.3) is 11.4 Å². The van der Waals surface area contributed by atoms with Gasteiger partial charge in [0.2, 0.25) is 5.88 Å². The van der Waals surface area contributed by atoms with Crippen LogP contribution in [0.3, 0.4) is 0 Å². The lowest BCUT2D eigenvalue weighted by Gasteiger charge is -2.33. The first-order valence-corrected chi connectivity index (χ1v) is 14.8. The molecule has 0 radical (unpaired) electrons. The van der Waals surface area contributed by atoms with E-state index in [-0.39, 0.29) is 40.8 Å². The van der Waals surface area contributed by atoms with Crippen molar-refractivity contribution in [3.63, 3.8) is 0 Å². The number of rotatable bonds is 8. The number of halogens is 3. The van der Waals surface area contributed by atoms with Crippen LogP contribution in [0.1, 0.15) is 32.6 Å². The number of nitrogen functional groups attached to an aromatic ring is 1. The van der Waals surface area contributed by atoms with Crippen LogP contribution in [-0.4, -0.2) is 72.2 Å². The van der Waals surface area contributed by atoms with Crippen molar-refractivity contribution >= 4 is 35.0 Å². The van der Waals surface area contributed by atoms with Crippen LogP contribution in [0.15, 0.2) is 58.2 Å².